The summed E-state index contributed by atoms with van der Waals surface area (Å²) in [5.41, 5.74) is 8.43. The van der Waals surface area contributed by atoms with Crippen molar-refractivity contribution in [1.29, 1.82) is 0 Å². The lowest BCUT2D eigenvalue weighted by Gasteiger charge is -2.05. The Balaban J connectivity index is 0.00000208. The molecule has 3 rings (SSSR count). The lowest BCUT2D eigenvalue weighted by molar-refractivity contribution is 0.100. The van der Waals surface area contributed by atoms with Gasteiger partial charge in [-0.3, -0.25) is 4.79 Å². The van der Waals surface area contributed by atoms with E-state index in [0.29, 0.717) is 12.1 Å². The maximum Gasteiger partial charge on any atom is 0.282 e. The van der Waals surface area contributed by atoms with Gasteiger partial charge in [-0.15, -0.1) is 12.4 Å². The molecule has 124 valence electrons. The summed E-state index contributed by atoms with van der Waals surface area (Å²) in [5, 5.41) is 3.81. The summed E-state index contributed by atoms with van der Waals surface area (Å²) >= 11 is 0. The molecule has 24 heavy (non-hydrogen) atoms. The van der Waals surface area contributed by atoms with E-state index in [0.717, 1.165) is 17.3 Å². The van der Waals surface area contributed by atoms with Crippen molar-refractivity contribution in [3.05, 3.63) is 71.9 Å². The first-order chi connectivity index (χ1) is 11.2. The second-order valence-corrected chi connectivity index (χ2v) is 5.21. The molecule has 4 N–H and O–H groups in total. The molecule has 0 saturated heterocycles. The van der Waals surface area contributed by atoms with Gasteiger partial charge in [0.25, 0.3) is 5.91 Å². The van der Waals surface area contributed by atoms with Gasteiger partial charge >= 0.3 is 0 Å². The van der Waals surface area contributed by atoms with Gasteiger partial charge in [0.2, 0.25) is 0 Å². The molecule has 0 aliphatic carbocycles. The number of halogens is 1. The molecular weight excluding hydrogens is 324 g/mol. The Kier molecular flexibility index (Phi) is 5.98. The van der Waals surface area contributed by atoms with E-state index in [-0.39, 0.29) is 24.3 Å². The second-order valence-electron chi connectivity index (χ2n) is 5.21. The number of rotatable bonds is 4. The summed E-state index contributed by atoms with van der Waals surface area (Å²) in [5.74, 6) is -0.219. The minimum atomic E-state index is -0.354. The van der Waals surface area contributed by atoms with Crippen LogP contribution in [0.4, 0.5) is 0 Å². The van der Waals surface area contributed by atoms with Crippen molar-refractivity contribution in [3.63, 3.8) is 0 Å². The summed E-state index contributed by atoms with van der Waals surface area (Å²) in [4.78, 5) is 19.2. The highest BCUT2D eigenvalue weighted by Crippen LogP contribution is 2.18. The van der Waals surface area contributed by atoms with Gasteiger partial charge in [-0.05, 0) is 18.1 Å². The average Bonchev–Trinajstić information content (AvgIpc) is 3.00. The molecule has 0 spiro atoms. The highest BCUT2D eigenvalue weighted by Gasteiger charge is 2.11. The Hall–Kier alpha value is -2.79. The number of carbonyl (C=O) groups excluding carboxylic acids is 1. The largest absolute Gasteiger partial charge is 0.370 e. The van der Waals surface area contributed by atoms with Crippen LogP contribution in [0.15, 0.2) is 65.8 Å². The molecule has 2 aromatic carbocycles. The smallest absolute Gasteiger partial charge is 0.282 e. The van der Waals surface area contributed by atoms with Crippen molar-refractivity contribution in [3.8, 4) is 0 Å². The normalized spacial score (nSPS) is 11.1. The Bertz CT molecular complexity index is 842. The van der Waals surface area contributed by atoms with E-state index >= 15 is 0 Å². The van der Waals surface area contributed by atoms with Crippen molar-refractivity contribution < 1.29 is 4.79 Å². The van der Waals surface area contributed by atoms with Crippen LogP contribution in [0.3, 0.4) is 0 Å². The van der Waals surface area contributed by atoms with Gasteiger partial charge < -0.3 is 16.0 Å². The fourth-order valence-electron chi connectivity index (χ4n) is 2.44. The molecule has 6 heteroatoms. The Morgan fingerprint density at radius 3 is 2.58 bits per heavy atom. The molecule has 0 aliphatic heterocycles. The standard InChI is InChI=1S/C18H18N4O.ClH/c19-18(20-11-10-13-6-2-1-3-7-13)22-17(23)15-12-21-16-9-5-4-8-14(15)16;/h1-9,12,21H,10-11H2,(H3,19,20,22,23);1H. The van der Waals surface area contributed by atoms with Crippen molar-refractivity contribution >= 4 is 35.2 Å². The van der Waals surface area contributed by atoms with Crippen molar-refractivity contribution in [2.45, 2.75) is 6.42 Å². The molecule has 3 aromatic rings. The quantitative estimate of drug-likeness (QED) is 0.503. The number of guanidine groups is 1. The van der Waals surface area contributed by atoms with E-state index in [4.69, 9.17) is 5.73 Å². The number of hydrogen-bond donors (Lipinski definition) is 3. The predicted molar refractivity (Wildman–Crippen MR) is 99.6 cm³/mol. The molecule has 0 radical (unpaired) electrons. The first kappa shape index (κ1) is 17.6. The van der Waals surface area contributed by atoms with Crippen LogP contribution in [0.2, 0.25) is 0 Å². The van der Waals surface area contributed by atoms with Crippen LogP contribution in [0.25, 0.3) is 10.9 Å². The van der Waals surface area contributed by atoms with E-state index in [9.17, 15) is 4.79 Å². The first-order valence-corrected chi connectivity index (χ1v) is 7.46. The average molecular weight is 343 g/mol. The van der Waals surface area contributed by atoms with Crippen molar-refractivity contribution in [2.75, 3.05) is 6.54 Å². The molecule has 1 heterocycles. The van der Waals surface area contributed by atoms with Crippen LogP contribution in [0.1, 0.15) is 15.9 Å². The van der Waals surface area contributed by atoms with Crippen LogP contribution in [-0.4, -0.2) is 23.4 Å². The van der Waals surface area contributed by atoms with E-state index in [1.165, 1.54) is 5.56 Å². The molecule has 0 bridgehead atoms. The zero-order valence-corrected chi connectivity index (χ0v) is 13.8. The Morgan fingerprint density at radius 2 is 1.79 bits per heavy atom. The number of amides is 1. The number of carbonyl (C=O) groups is 1. The highest BCUT2D eigenvalue weighted by molar-refractivity contribution is 6.10. The Labute approximate surface area is 146 Å². The molecule has 1 amide bonds. The molecule has 0 atom stereocenters. The van der Waals surface area contributed by atoms with Gasteiger partial charge in [0.15, 0.2) is 5.96 Å². The summed E-state index contributed by atoms with van der Waals surface area (Å²) in [6.45, 7) is 0.626. The number of nitrogens with two attached hydrogens (primary N) is 1. The second kappa shape index (κ2) is 8.17. The molecule has 0 saturated carbocycles. The van der Waals surface area contributed by atoms with Crippen LogP contribution in [0, 0.1) is 0 Å². The van der Waals surface area contributed by atoms with Crippen LogP contribution in [-0.2, 0) is 6.42 Å². The van der Waals surface area contributed by atoms with Gasteiger partial charge in [-0.25, -0.2) is 0 Å². The molecule has 0 aliphatic rings. The highest BCUT2D eigenvalue weighted by atomic mass is 35.5. The predicted octanol–water partition coefficient (Wildman–Crippen LogP) is 2.88. The number of benzene rings is 2. The number of hydrogen-bond acceptors (Lipinski definition) is 1. The SMILES string of the molecule is Cl.NC(=NC(=O)c1c[nH]c2ccccc12)NCCc1ccccc1. The lowest BCUT2D eigenvalue weighted by Crippen LogP contribution is -2.34. The summed E-state index contributed by atoms with van der Waals surface area (Å²) < 4.78 is 0. The number of H-pyrrole nitrogens is 1. The minimum Gasteiger partial charge on any atom is -0.370 e. The zero-order valence-electron chi connectivity index (χ0n) is 13.0. The third-order valence-corrected chi connectivity index (χ3v) is 3.60. The number of nitrogens with zero attached hydrogens (tertiary/aromatic N) is 1. The third-order valence-electron chi connectivity index (χ3n) is 3.60. The van der Waals surface area contributed by atoms with Crippen LogP contribution in [0.5, 0.6) is 0 Å². The van der Waals surface area contributed by atoms with Gasteiger partial charge in [-0.1, -0.05) is 48.5 Å². The van der Waals surface area contributed by atoms with E-state index < -0.39 is 0 Å². The van der Waals surface area contributed by atoms with Crippen LogP contribution >= 0.6 is 12.4 Å². The maximum atomic E-state index is 12.2. The number of fused-ring (bicyclic) bond motifs is 1. The summed E-state index contributed by atoms with van der Waals surface area (Å²) in [6, 6.07) is 17.7. The molecule has 0 unspecified atom stereocenters. The number of aromatic amines is 1. The van der Waals surface area contributed by atoms with Gasteiger partial charge in [-0.2, -0.15) is 4.99 Å². The maximum absolute atomic E-state index is 12.2. The summed E-state index contributed by atoms with van der Waals surface area (Å²) in [6.07, 6.45) is 2.48. The molecule has 0 fully saturated rings. The number of nitrogens with one attached hydrogen (secondary N) is 2. The lowest BCUT2D eigenvalue weighted by atomic mass is 10.1. The zero-order chi connectivity index (χ0) is 16.1. The topological polar surface area (TPSA) is 83.3 Å². The van der Waals surface area contributed by atoms with E-state index in [2.05, 4.69) is 15.3 Å². The molecule has 5 nitrogen and oxygen atoms in total. The number of aromatic nitrogens is 1. The third kappa shape index (κ3) is 4.14. The Morgan fingerprint density at radius 1 is 1.08 bits per heavy atom. The fraction of sp³-hybridized carbons (Fsp3) is 0.111. The van der Waals surface area contributed by atoms with E-state index in [1.807, 2.05) is 54.6 Å². The van der Waals surface area contributed by atoms with Gasteiger partial charge in [0, 0.05) is 23.6 Å². The van der Waals surface area contributed by atoms with Crippen LogP contribution < -0.4 is 11.1 Å². The number of para-hydroxylation sites is 1. The monoisotopic (exact) mass is 342 g/mol. The van der Waals surface area contributed by atoms with Gasteiger partial charge in [0.05, 0.1) is 5.56 Å². The van der Waals surface area contributed by atoms with E-state index in [1.54, 1.807) is 6.20 Å². The van der Waals surface area contributed by atoms with Gasteiger partial charge in [0.1, 0.15) is 0 Å². The van der Waals surface area contributed by atoms with Crippen molar-refractivity contribution in [2.24, 2.45) is 10.7 Å². The fourth-order valence-corrected chi connectivity index (χ4v) is 2.44. The first-order valence-electron chi connectivity index (χ1n) is 7.46. The number of aliphatic imine (C=N–C) groups is 1. The minimum absolute atomic E-state index is 0. The molecule has 1 aromatic heterocycles. The van der Waals surface area contributed by atoms with Crippen molar-refractivity contribution in [1.82, 2.24) is 10.3 Å². The molecular formula is C18H19ClN4O. The summed E-state index contributed by atoms with van der Waals surface area (Å²) in [7, 11) is 0.